The Balaban J connectivity index is 2.12. The summed E-state index contributed by atoms with van der Waals surface area (Å²) in [6, 6.07) is 6.20. The van der Waals surface area contributed by atoms with E-state index in [1.54, 1.807) is 6.07 Å². The van der Waals surface area contributed by atoms with Crippen molar-refractivity contribution in [1.29, 1.82) is 0 Å². The van der Waals surface area contributed by atoms with Gasteiger partial charge in [-0.25, -0.2) is 4.39 Å². The highest BCUT2D eigenvalue weighted by Crippen LogP contribution is 2.22. The van der Waals surface area contributed by atoms with E-state index in [9.17, 15) is 9.18 Å². The normalized spacial score (nSPS) is 10.3. The minimum atomic E-state index is -0.593. The molecule has 2 aromatic rings. The van der Waals surface area contributed by atoms with Gasteiger partial charge in [-0.05, 0) is 34.1 Å². The Morgan fingerprint density at radius 2 is 2.32 bits per heavy atom. The molecular weight excluding hydrogens is 333 g/mol. The maximum absolute atomic E-state index is 13.7. The number of nitrogens with one attached hydrogen (secondary N) is 1. The average molecular weight is 344 g/mol. The quantitative estimate of drug-likeness (QED) is 0.921. The third-order valence-corrected chi connectivity index (χ3v) is 4.16. The van der Waals surface area contributed by atoms with Gasteiger partial charge in [-0.2, -0.15) is 0 Å². The second-order valence-corrected chi connectivity index (χ2v) is 5.64. The first-order chi connectivity index (χ1) is 9.11. The van der Waals surface area contributed by atoms with Crippen LogP contribution in [0, 0.1) is 5.82 Å². The van der Waals surface area contributed by atoms with Crippen molar-refractivity contribution in [3.8, 4) is 5.75 Å². The SMILES string of the molecule is COc1cccc(F)c1C(=O)NCc1cc(Br)cs1. The summed E-state index contributed by atoms with van der Waals surface area (Å²) >= 11 is 4.85. The van der Waals surface area contributed by atoms with E-state index in [1.165, 1.54) is 30.6 Å². The first kappa shape index (κ1) is 14.0. The summed E-state index contributed by atoms with van der Waals surface area (Å²) in [6.45, 7) is 0.354. The van der Waals surface area contributed by atoms with Crippen molar-refractivity contribution in [3.63, 3.8) is 0 Å². The molecule has 2 rings (SSSR count). The monoisotopic (exact) mass is 343 g/mol. The average Bonchev–Trinajstić information content (AvgIpc) is 2.81. The molecule has 0 radical (unpaired) electrons. The number of rotatable bonds is 4. The Morgan fingerprint density at radius 1 is 1.53 bits per heavy atom. The van der Waals surface area contributed by atoms with Gasteiger partial charge in [-0.15, -0.1) is 11.3 Å². The summed E-state index contributed by atoms with van der Waals surface area (Å²) in [5.41, 5.74) is -0.0689. The predicted molar refractivity (Wildman–Crippen MR) is 76.1 cm³/mol. The van der Waals surface area contributed by atoms with Gasteiger partial charge >= 0.3 is 0 Å². The molecule has 0 aliphatic heterocycles. The summed E-state index contributed by atoms with van der Waals surface area (Å²) in [6.07, 6.45) is 0. The second kappa shape index (κ2) is 6.16. The van der Waals surface area contributed by atoms with Gasteiger partial charge in [-0.1, -0.05) is 6.07 Å². The van der Waals surface area contributed by atoms with Gasteiger partial charge in [0.05, 0.1) is 13.7 Å². The van der Waals surface area contributed by atoms with Crippen LogP contribution in [0.4, 0.5) is 4.39 Å². The summed E-state index contributed by atoms with van der Waals surface area (Å²) < 4.78 is 19.6. The molecule has 0 saturated carbocycles. The molecule has 1 N–H and O–H groups in total. The third-order valence-electron chi connectivity index (χ3n) is 2.47. The van der Waals surface area contributed by atoms with E-state index in [4.69, 9.17) is 4.74 Å². The van der Waals surface area contributed by atoms with Crippen LogP contribution < -0.4 is 10.1 Å². The number of carbonyl (C=O) groups is 1. The van der Waals surface area contributed by atoms with Crippen molar-refractivity contribution in [1.82, 2.24) is 5.32 Å². The van der Waals surface area contributed by atoms with Crippen molar-refractivity contribution < 1.29 is 13.9 Å². The van der Waals surface area contributed by atoms with Crippen LogP contribution in [-0.4, -0.2) is 13.0 Å². The lowest BCUT2D eigenvalue weighted by Crippen LogP contribution is -2.24. The Kier molecular flexibility index (Phi) is 4.55. The van der Waals surface area contributed by atoms with Crippen LogP contribution in [0.25, 0.3) is 0 Å². The number of halogens is 2. The molecule has 1 heterocycles. The fourth-order valence-corrected chi connectivity index (χ4v) is 2.99. The molecule has 0 fully saturated rings. The molecule has 0 saturated heterocycles. The van der Waals surface area contributed by atoms with Crippen molar-refractivity contribution in [2.75, 3.05) is 7.11 Å². The van der Waals surface area contributed by atoms with E-state index in [1.807, 2.05) is 11.4 Å². The highest BCUT2D eigenvalue weighted by atomic mass is 79.9. The van der Waals surface area contributed by atoms with E-state index in [2.05, 4.69) is 21.2 Å². The number of carbonyl (C=O) groups excluding carboxylic acids is 1. The highest BCUT2D eigenvalue weighted by Gasteiger charge is 2.17. The van der Waals surface area contributed by atoms with Crippen LogP contribution >= 0.6 is 27.3 Å². The maximum atomic E-state index is 13.7. The van der Waals surface area contributed by atoms with Crippen LogP contribution in [0.2, 0.25) is 0 Å². The Bertz CT molecular complexity index is 600. The fourth-order valence-electron chi connectivity index (χ4n) is 1.60. The Hall–Kier alpha value is -1.40. The molecule has 0 spiro atoms. The standard InChI is InChI=1S/C13H11BrFNO2S/c1-18-11-4-2-3-10(15)12(11)13(17)16-6-9-5-8(14)7-19-9/h2-5,7H,6H2,1H3,(H,16,17). The minimum absolute atomic E-state index is 0.0689. The largest absolute Gasteiger partial charge is 0.496 e. The van der Waals surface area contributed by atoms with Gasteiger partial charge in [0.25, 0.3) is 5.91 Å². The Morgan fingerprint density at radius 3 is 2.95 bits per heavy atom. The summed E-state index contributed by atoms with van der Waals surface area (Å²) in [5.74, 6) is -0.853. The molecule has 19 heavy (non-hydrogen) atoms. The molecule has 100 valence electrons. The molecule has 1 amide bonds. The van der Waals surface area contributed by atoms with Gasteiger partial charge in [0.15, 0.2) is 0 Å². The minimum Gasteiger partial charge on any atom is -0.496 e. The van der Waals surface area contributed by atoms with Crippen molar-refractivity contribution in [2.24, 2.45) is 0 Å². The molecule has 0 unspecified atom stereocenters. The lowest BCUT2D eigenvalue weighted by atomic mass is 10.1. The van der Waals surface area contributed by atoms with E-state index < -0.39 is 11.7 Å². The lowest BCUT2D eigenvalue weighted by molar-refractivity contribution is 0.0944. The van der Waals surface area contributed by atoms with Crippen LogP contribution in [0.15, 0.2) is 34.1 Å². The number of ether oxygens (including phenoxy) is 1. The van der Waals surface area contributed by atoms with Gasteiger partial charge in [0, 0.05) is 14.7 Å². The molecule has 3 nitrogen and oxygen atoms in total. The Labute approximate surface area is 122 Å². The van der Waals surface area contributed by atoms with E-state index in [0.29, 0.717) is 6.54 Å². The first-order valence-corrected chi connectivity index (χ1v) is 7.12. The molecule has 1 aromatic carbocycles. The maximum Gasteiger partial charge on any atom is 0.258 e. The van der Waals surface area contributed by atoms with Crippen LogP contribution in [0.1, 0.15) is 15.2 Å². The van der Waals surface area contributed by atoms with E-state index >= 15 is 0 Å². The predicted octanol–water partition coefficient (Wildman–Crippen LogP) is 3.59. The molecule has 0 bridgehead atoms. The van der Waals surface area contributed by atoms with Gasteiger partial charge < -0.3 is 10.1 Å². The second-order valence-electron chi connectivity index (χ2n) is 3.73. The van der Waals surface area contributed by atoms with Crippen LogP contribution in [-0.2, 0) is 6.54 Å². The topological polar surface area (TPSA) is 38.3 Å². The molecule has 0 aliphatic carbocycles. The first-order valence-electron chi connectivity index (χ1n) is 5.45. The fraction of sp³-hybridized carbons (Fsp3) is 0.154. The summed E-state index contributed by atoms with van der Waals surface area (Å²) in [5, 5.41) is 4.60. The number of thiophene rings is 1. The number of methoxy groups -OCH3 is 1. The number of amides is 1. The summed E-state index contributed by atoms with van der Waals surface area (Å²) in [4.78, 5) is 13.0. The third kappa shape index (κ3) is 3.33. The smallest absolute Gasteiger partial charge is 0.258 e. The number of benzene rings is 1. The van der Waals surface area contributed by atoms with Gasteiger partial charge in [-0.3, -0.25) is 4.79 Å². The zero-order valence-corrected chi connectivity index (χ0v) is 12.5. The van der Waals surface area contributed by atoms with Crippen molar-refractivity contribution in [2.45, 2.75) is 6.54 Å². The molecular formula is C13H11BrFNO2S. The highest BCUT2D eigenvalue weighted by molar-refractivity contribution is 9.10. The molecule has 0 aliphatic rings. The van der Waals surface area contributed by atoms with Crippen molar-refractivity contribution in [3.05, 3.63) is 50.4 Å². The lowest BCUT2D eigenvalue weighted by Gasteiger charge is -2.09. The van der Waals surface area contributed by atoms with Crippen LogP contribution in [0.3, 0.4) is 0 Å². The molecule has 0 atom stereocenters. The molecule has 1 aromatic heterocycles. The number of hydrogen-bond acceptors (Lipinski definition) is 3. The zero-order chi connectivity index (χ0) is 13.8. The van der Waals surface area contributed by atoms with Gasteiger partial charge in [0.1, 0.15) is 17.1 Å². The zero-order valence-electron chi connectivity index (χ0n) is 10.1. The van der Waals surface area contributed by atoms with Crippen LogP contribution in [0.5, 0.6) is 5.75 Å². The molecule has 6 heteroatoms. The van der Waals surface area contributed by atoms with Gasteiger partial charge in [0.2, 0.25) is 0 Å². The van der Waals surface area contributed by atoms with E-state index in [0.717, 1.165) is 9.35 Å². The number of hydrogen-bond donors (Lipinski definition) is 1. The van der Waals surface area contributed by atoms with E-state index in [-0.39, 0.29) is 11.3 Å². The van der Waals surface area contributed by atoms with Crippen molar-refractivity contribution >= 4 is 33.2 Å². The summed E-state index contributed by atoms with van der Waals surface area (Å²) in [7, 11) is 1.40.